The Morgan fingerprint density at radius 3 is 2.68 bits per heavy atom. The highest BCUT2D eigenvalue weighted by atomic mass is 79.9. The van der Waals surface area contributed by atoms with Gasteiger partial charge in [-0.15, -0.1) is 0 Å². The van der Waals surface area contributed by atoms with E-state index in [9.17, 15) is 0 Å². The molecule has 5 heteroatoms. The van der Waals surface area contributed by atoms with Crippen LogP contribution in [0.3, 0.4) is 0 Å². The third-order valence-electron chi connectivity index (χ3n) is 2.46. The van der Waals surface area contributed by atoms with E-state index in [4.69, 9.17) is 15.2 Å². The molecule has 19 heavy (non-hydrogen) atoms. The molecule has 0 spiro atoms. The maximum absolute atomic E-state index is 5.72. The van der Waals surface area contributed by atoms with Crippen molar-refractivity contribution in [3.05, 3.63) is 46.6 Å². The van der Waals surface area contributed by atoms with Crippen LogP contribution in [0.5, 0.6) is 17.4 Å². The Labute approximate surface area is 120 Å². The number of benzene rings is 1. The summed E-state index contributed by atoms with van der Waals surface area (Å²) in [6, 6.07) is 9.30. The topological polar surface area (TPSA) is 57.4 Å². The maximum atomic E-state index is 5.72. The largest absolute Gasteiger partial charge is 0.490 e. The van der Waals surface area contributed by atoms with E-state index < -0.39 is 0 Å². The number of rotatable bonds is 5. The van der Waals surface area contributed by atoms with Crippen molar-refractivity contribution >= 4 is 15.9 Å². The van der Waals surface area contributed by atoms with Crippen LogP contribution in [0.15, 0.2) is 41.0 Å². The Hall–Kier alpha value is -1.59. The number of hydrogen-bond donors (Lipinski definition) is 1. The standard InChI is InChI=1S/C14H15BrN2O2/c1-2-18-13-7-10(8-16)3-5-12(13)19-14-6-4-11(15)9-17-14/h3-7,9H,2,8,16H2,1H3. The second kappa shape index (κ2) is 6.54. The summed E-state index contributed by atoms with van der Waals surface area (Å²) < 4.78 is 12.2. The van der Waals surface area contributed by atoms with Gasteiger partial charge in [-0.1, -0.05) is 6.07 Å². The van der Waals surface area contributed by atoms with Crippen molar-refractivity contribution in [2.75, 3.05) is 6.61 Å². The van der Waals surface area contributed by atoms with Crippen molar-refractivity contribution in [3.63, 3.8) is 0 Å². The lowest BCUT2D eigenvalue weighted by molar-refractivity contribution is 0.319. The van der Waals surface area contributed by atoms with E-state index >= 15 is 0 Å². The minimum absolute atomic E-state index is 0.469. The van der Waals surface area contributed by atoms with Gasteiger partial charge in [0.1, 0.15) is 0 Å². The van der Waals surface area contributed by atoms with Crippen molar-refractivity contribution in [2.24, 2.45) is 5.73 Å². The zero-order valence-corrected chi connectivity index (χ0v) is 12.2. The van der Waals surface area contributed by atoms with Gasteiger partial charge in [-0.3, -0.25) is 0 Å². The number of pyridine rings is 1. The van der Waals surface area contributed by atoms with E-state index in [1.807, 2.05) is 31.2 Å². The predicted molar refractivity (Wildman–Crippen MR) is 77.5 cm³/mol. The Morgan fingerprint density at radius 1 is 1.21 bits per heavy atom. The van der Waals surface area contributed by atoms with Crippen molar-refractivity contribution in [1.82, 2.24) is 4.98 Å². The maximum Gasteiger partial charge on any atom is 0.219 e. The first-order chi connectivity index (χ1) is 9.22. The molecule has 0 saturated carbocycles. The first-order valence-electron chi connectivity index (χ1n) is 5.98. The van der Waals surface area contributed by atoms with E-state index in [0.717, 1.165) is 10.0 Å². The summed E-state index contributed by atoms with van der Waals surface area (Å²) >= 11 is 3.33. The van der Waals surface area contributed by atoms with Crippen LogP contribution in [-0.2, 0) is 6.54 Å². The summed E-state index contributed by atoms with van der Waals surface area (Å²) in [6.45, 7) is 2.96. The number of halogens is 1. The SMILES string of the molecule is CCOc1cc(CN)ccc1Oc1ccc(Br)cn1. The van der Waals surface area contributed by atoms with Crippen LogP contribution in [0.25, 0.3) is 0 Å². The van der Waals surface area contributed by atoms with Crippen LogP contribution in [0.1, 0.15) is 12.5 Å². The average molecular weight is 323 g/mol. The molecule has 2 N–H and O–H groups in total. The summed E-state index contributed by atoms with van der Waals surface area (Å²) in [5.74, 6) is 1.83. The van der Waals surface area contributed by atoms with Crippen LogP contribution in [0, 0.1) is 0 Å². The van der Waals surface area contributed by atoms with Gasteiger partial charge in [-0.25, -0.2) is 4.98 Å². The van der Waals surface area contributed by atoms with Gasteiger partial charge in [0.2, 0.25) is 5.88 Å². The molecule has 1 heterocycles. The second-order valence-electron chi connectivity index (χ2n) is 3.83. The van der Waals surface area contributed by atoms with E-state index in [1.54, 1.807) is 12.3 Å². The van der Waals surface area contributed by atoms with Gasteiger partial charge < -0.3 is 15.2 Å². The summed E-state index contributed by atoms with van der Waals surface area (Å²) in [7, 11) is 0. The molecule has 0 aliphatic rings. The number of aromatic nitrogens is 1. The van der Waals surface area contributed by atoms with Gasteiger partial charge in [0.05, 0.1) is 6.61 Å². The number of hydrogen-bond acceptors (Lipinski definition) is 4. The molecule has 0 unspecified atom stereocenters. The molecule has 4 nitrogen and oxygen atoms in total. The molecule has 0 fully saturated rings. The van der Waals surface area contributed by atoms with Gasteiger partial charge in [-0.05, 0) is 46.6 Å². The normalized spacial score (nSPS) is 10.3. The van der Waals surface area contributed by atoms with Crippen LogP contribution in [0.4, 0.5) is 0 Å². The average Bonchev–Trinajstić information content (AvgIpc) is 2.43. The molecule has 1 aromatic carbocycles. The molecule has 0 aliphatic carbocycles. The Morgan fingerprint density at radius 2 is 2.05 bits per heavy atom. The highest BCUT2D eigenvalue weighted by Crippen LogP contribution is 2.32. The van der Waals surface area contributed by atoms with E-state index in [2.05, 4.69) is 20.9 Å². The van der Waals surface area contributed by atoms with Gasteiger partial charge in [0.25, 0.3) is 0 Å². The molecule has 0 bridgehead atoms. The summed E-state index contributed by atoms with van der Waals surface area (Å²) in [5, 5.41) is 0. The molecule has 0 atom stereocenters. The fraction of sp³-hybridized carbons (Fsp3) is 0.214. The minimum Gasteiger partial charge on any atom is -0.490 e. The highest BCUT2D eigenvalue weighted by molar-refractivity contribution is 9.10. The monoisotopic (exact) mass is 322 g/mol. The zero-order chi connectivity index (χ0) is 13.7. The lowest BCUT2D eigenvalue weighted by Gasteiger charge is -2.12. The fourth-order valence-corrected chi connectivity index (χ4v) is 1.80. The molecule has 1 aromatic heterocycles. The Kier molecular flexibility index (Phi) is 4.76. The van der Waals surface area contributed by atoms with E-state index in [1.165, 1.54) is 0 Å². The van der Waals surface area contributed by atoms with Gasteiger partial charge in [0.15, 0.2) is 11.5 Å². The van der Waals surface area contributed by atoms with E-state index in [-0.39, 0.29) is 0 Å². The highest BCUT2D eigenvalue weighted by Gasteiger charge is 2.08. The van der Waals surface area contributed by atoms with Crippen LogP contribution in [-0.4, -0.2) is 11.6 Å². The van der Waals surface area contributed by atoms with Gasteiger partial charge in [0, 0.05) is 23.3 Å². The first kappa shape index (κ1) is 13.8. The Bertz CT molecular complexity index is 544. The number of nitrogens with two attached hydrogens (primary N) is 1. The molecular formula is C14H15BrN2O2. The Balaban J connectivity index is 2.25. The fourth-order valence-electron chi connectivity index (χ4n) is 1.57. The van der Waals surface area contributed by atoms with Gasteiger partial charge >= 0.3 is 0 Å². The molecule has 2 aromatic rings. The summed E-state index contributed by atoms with van der Waals surface area (Å²) in [4.78, 5) is 4.17. The van der Waals surface area contributed by atoms with Crippen molar-refractivity contribution < 1.29 is 9.47 Å². The lowest BCUT2D eigenvalue weighted by atomic mass is 10.2. The predicted octanol–water partition coefficient (Wildman–Crippen LogP) is 3.49. The summed E-state index contributed by atoms with van der Waals surface area (Å²) in [6.07, 6.45) is 1.68. The molecule has 0 saturated heterocycles. The number of nitrogens with zero attached hydrogens (tertiary/aromatic N) is 1. The second-order valence-corrected chi connectivity index (χ2v) is 4.75. The van der Waals surface area contributed by atoms with Gasteiger partial charge in [-0.2, -0.15) is 0 Å². The molecule has 0 amide bonds. The first-order valence-corrected chi connectivity index (χ1v) is 6.77. The molecule has 0 aliphatic heterocycles. The van der Waals surface area contributed by atoms with Crippen molar-refractivity contribution in [1.29, 1.82) is 0 Å². The van der Waals surface area contributed by atoms with E-state index in [0.29, 0.717) is 30.5 Å². The van der Waals surface area contributed by atoms with Crippen LogP contribution in [0.2, 0.25) is 0 Å². The zero-order valence-electron chi connectivity index (χ0n) is 10.6. The van der Waals surface area contributed by atoms with Crippen LogP contribution < -0.4 is 15.2 Å². The van der Waals surface area contributed by atoms with Crippen molar-refractivity contribution in [3.8, 4) is 17.4 Å². The third-order valence-corrected chi connectivity index (χ3v) is 2.93. The third kappa shape index (κ3) is 3.68. The number of ether oxygens (including phenoxy) is 2. The molecular weight excluding hydrogens is 308 g/mol. The lowest BCUT2D eigenvalue weighted by Crippen LogP contribution is -2.00. The molecule has 2 rings (SSSR count). The summed E-state index contributed by atoms with van der Waals surface area (Å²) in [5.41, 5.74) is 6.62. The smallest absolute Gasteiger partial charge is 0.219 e. The van der Waals surface area contributed by atoms with Crippen molar-refractivity contribution in [2.45, 2.75) is 13.5 Å². The molecule has 100 valence electrons. The van der Waals surface area contributed by atoms with Crippen LogP contribution >= 0.6 is 15.9 Å². The minimum atomic E-state index is 0.469. The quantitative estimate of drug-likeness (QED) is 0.915. The molecule has 0 radical (unpaired) electrons.